The lowest BCUT2D eigenvalue weighted by Gasteiger charge is -2.29. The van der Waals surface area contributed by atoms with Gasteiger partial charge in [0.2, 0.25) is 0 Å². The highest BCUT2D eigenvalue weighted by Gasteiger charge is 2.22. The van der Waals surface area contributed by atoms with Gasteiger partial charge >= 0.3 is 0 Å². The van der Waals surface area contributed by atoms with Crippen molar-refractivity contribution in [3.8, 4) is 6.07 Å². The molecule has 0 radical (unpaired) electrons. The third-order valence-corrected chi connectivity index (χ3v) is 2.99. The molecule has 1 aliphatic heterocycles. The van der Waals surface area contributed by atoms with Gasteiger partial charge in [-0.25, -0.2) is 0 Å². The number of hydrogen-bond donors (Lipinski definition) is 0. The molecule has 3 heteroatoms. The fourth-order valence-corrected chi connectivity index (χ4v) is 2.00. The first-order chi connectivity index (χ1) is 8.33. The molecule has 1 saturated heterocycles. The van der Waals surface area contributed by atoms with Crippen LogP contribution in [0.5, 0.6) is 0 Å². The van der Waals surface area contributed by atoms with Gasteiger partial charge < -0.3 is 9.47 Å². The SMILES string of the molecule is CCCC1COC(c2ccc(C#N)cc2)CO1. The maximum absolute atomic E-state index is 8.73. The third-order valence-electron chi connectivity index (χ3n) is 2.99. The van der Waals surface area contributed by atoms with Crippen LogP contribution < -0.4 is 0 Å². The van der Waals surface area contributed by atoms with Crippen LogP contribution in [0.1, 0.15) is 37.0 Å². The molecule has 2 atom stereocenters. The Bertz CT molecular complexity index is 386. The first-order valence-electron chi connectivity index (χ1n) is 6.06. The summed E-state index contributed by atoms with van der Waals surface area (Å²) in [6, 6.07) is 9.62. The Hall–Kier alpha value is -1.37. The number of nitrogens with zero attached hydrogens (tertiary/aromatic N) is 1. The van der Waals surface area contributed by atoms with Crippen molar-refractivity contribution in [3.05, 3.63) is 35.4 Å². The number of hydrogen-bond acceptors (Lipinski definition) is 3. The summed E-state index contributed by atoms with van der Waals surface area (Å²) in [5.74, 6) is 0. The van der Waals surface area contributed by atoms with Gasteiger partial charge in [0, 0.05) is 0 Å². The van der Waals surface area contributed by atoms with E-state index in [1.165, 1.54) is 0 Å². The van der Waals surface area contributed by atoms with Crippen LogP contribution in [0.4, 0.5) is 0 Å². The number of rotatable bonds is 3. The number of ether oxygens (including phenoxy) is 2. The van der Waals surface area contributed by atoms with Crippen molar-refractivity contribution in [2.45, 2.75) is 32.0 Å². The normalized spacial score (nSPS) is 24.2. The topological polar surface area (TPSA) is 42.2 Å². The molecule has 0 saturated carbocycles. The van der Waals surface area contributed by atoms with E-state index in [2.05, 4.69) is 13.0 Å². The second-order valence-corrected chi connectivity index (χ2v) is 4.30. The molecule has 0 aromatic heterocycles. The molecule has 0 bridgehead atoms. The molecule has 1 heterocycles. The number of nitriles is 1. The summed E-state index contributed by atoms with van der Waals surface area (Å²) in [5, 5.41) is 8.73. The van der Waals surface area contributed by atoms with Crippen LogP contribution in [0.25, 0.3) is 0 Å². The summed E-state index contributed by atoms with van der Waals surface area (Å²) in [6.45, 7) is 3.42. The van der Waals surface area contributed by atoms with E-state index >= 15 is 0 Å². The van der Waals surface area contributed by atoms with Gasteiger partial charge in [0.1, 0.15) is 6.10 Å². The van der Waals surface area contributed by atoms with Gasteiger partial charge in [-0.2, -0.15) is 5.26 Å². The molecule has 17 heavy (non-hydrogen) atoms. The Morgan fingerprint density at radius 3 is 2.53 bits per heavy atom. The molecule has 2 rings (SSSR count). The van der Waals surface area contributed by atoms with E-state index in [0.29, 0.717) is 18.8 Å². The van der Waals surface area contributed by atoms with E-state index in [4.69, 9.17) is 14.7 Å². The first kappa shape index (κ1) is 12.1. The lowest BCUT2D eigenvalue weighted by Crippen LogP contribution is -2.30. The predicted octanol–water partition coefficient (Wildman–Crippen LogP) is 2.81. The summed E-state index contributed by atoms with van der Waals surface area (Å²) in [7, 11) is 0. The Kier molecular flexibility index (Phi) is 4.13. The fourth-order valence-electron chi connectivity index (χ4n) is 2.00. The van der Waals surface area contributed by atoms with E-state index in [-0.39, 0.29) is 12.2 Å². The molecule has 1 aromatic rings. The van der Waals surface area contributed by atoms with Crippen molar-refractivity contribution < 1.29 is 9.47 Å². The molecule has 0 aliphatic carbocycles. The van der Waals surface area contributed by atoms with Crippen LogP contribution in [0.2, 0.25) is 0 Å². The molecule has 0 amide bonds. The van der Waals surface area contributed by atoms with Gasteiger partial charge in [-0.1, -0.05) is 25.5 Å². The monoisotopic (exact) mass is 231 g/mol. The molecular formula is C14H17NO2. The van der Waals surface area contributed by atoms with E-state index < -0.39 is 0 Å². The smallest absolute Gasteiger partial charge is 0.106 e. The summed E-state index contributed by atoms with van der Waals surface area (Å²) in [4.78, 5) is 0. The number of benzene rings is 1. The summed E-state index contributed by atoms with van der Waals surface area (Å²) in [5.41, 5.74) is 1.76. The van der Waals surface area contributed by atoms with Crippen LogP contribution >= 0.6 is 0 Å². The van der Waals surface area contributed by atoms with Gasteiger partial charge in [0.15, 0.2) is 0 Å². The average molecular weight is 231 g/mol. The van der Waals surface area contributed by atoms with Crippen LogP contribution in [-0.4, -0.2) is 19.3 Å². The summed E-state index contributed by atoms with van der Waals surface area (Å²) in [6.07, 6.45) is 2.43. The zero-order valence-corrected chi connectivity index (χ0v) is 10.1. The quantitative estimate of drug-likeness (QED) is 0.803. The Morgan fingerprint density at radius 2 is 2.00 bits per heavy atom. The zero-order chi connectivity index (χ0) is 12.1. The standard InChI is InChI=1S/C14H17NO2/c1-2-3-13-9-17-14(10-16-13)12-6-4-11(8-15)5-7-12/h4-7,13-14H,2-3,9-10H2,1H3. The average Bonchev–Trinajstić information content (AvgIpc) is 2.40. The molecule has 1 aliphatic rings. The highest BCUT2D eigenvalue weighted by atomic mass is 16.6. The second kappa shape index (κ2) is 5.81. The second-order valence-electron chi connectivity index (χ2n) is 4.30. The molecule has 0 spiro atoms. The molecule has 1 aromatic carbocycles. The van der Waals surface area contributed by atoms with E-state index in [1.54, 1.807) is 0 Å². The van der Waals surface area contributed by atoms with Crippen LogP contribution in [0.3, 0.4) is 0 Å². The largest absolute Gasteiger partial charge is 0.373 e. The lowest BCUT2D eigenvalue weighted by atomic mass is 10.1. The van der Waals surface area contributed by atoms with Crippen molar-refractivity contribution in [1.82, 2.24) is 0 Å². The van der Waals surface area contributed by atoms with Crippen molar-refractivity contribution in [2.24, 2.45) is 0 Å². The maximum Gasteiger partial charge on any atom is 0.106 e. The minimum absolute atomic E-state index is 0.0100. The van der Waals surface area contributed by atoms with Crippen LogP contribution in [0.15, 0.2) is 24.3 Å². The van der Waals surface area contributed by atoms with E-state index in [9.17, 15) is 0 Å². The van der Waals surface area contributed by atoms with Gasteiger partial charge in [0.05, 0.1) is 31.0 Å². The van der Waals surface area contributed by atoms with E-state index in [0.717, 1.165) is 18.4 Å². The van der Waals surface area contributed by atoms with Crippen molar-refractivity contribution in [1.29, 1.82) is 5.26 Å². The lowest BCUT2D eigenvalue weighted by molar-refractivity contribution is -0.137. The molecular weight excluding hydrogens is 214 g/mol. The summed E-state index contributed by atoms with van der Waals surface area (Å²) < 4.78 is 11.5. The highest BCUT2D eigenvalue weighted by Crippen LogP contribution is 2.24. The maximum atomic E-state index is 8.73. The Balaban J connectivity index is 1.94. The van der Waals surface area contributed by atoms with Crippen LogP contribution in [0, 0.1) is 11.3 Å². The predicted molar refractivity (Wildman–Crippen MR) is 64.5 cm³/mol. The van der Waals surface area contributed by atoms with Crippen LogP contribution in [-0.2, 0) is 9.47 Å². The van der Waals surface area contributed by atoms with E-state index in [1.807, 2.05) is 24.3 Å². The highest BCUT2D eigenvalue weighted by molar-refractivity contribution is 5.32. The first-order valence-corrected chi connectivity index (χ1v) is 6.06. The van der Waals surface area contributed by atoms with Crippen molar-refractivity contribution in [3.63, 3.8) is 0 Å². The third kappa shape index (κ3) is 3.06. The minimum Gasteiger partial charge on any atom is -0.373 e. The molecule has 90 valence electrons. The van der Waals surface area contributed by atoms with Gasteiger partial charge in [-0.3, -0.25) is 0 Å². The zero-order valence-electron chi connectivity index (χ0n) is 10.1. The Morgan fingerprint density at radius 1 is 1.24 bits per heavy atom. The van der Waals surface area contributed by atoms with Gasteiger partial charge in [0.25, 0.3) is 0 Å². The fraction of sp³-hybridized carbons (Fsp3) is 0.500. The molecule has 0 N–H and O–H groups in total. The molecule has 2 unspecified atom stereocenters. The Labute approximate surface area is 102 Å². The van der Waals surface area contributed by atoms with Gasteiger partial charge in [-0.05, 0) is 24.1 Å². The molecule has 1 fully saturated rings. The molecule has 3 nitrogen and oxygen atoms in total. The van der Waals surface area contributed by atoms with Crippen molar-refractivity contribution in [2.75, 3.05) is 13.2 Å². The van der Waals surface area contributed by atoms with Gasteiger partial charge in [-0.15, -0.1) is 0 Å². The summed E-state index contributed by atoms with van der Waals surface area (Å²) >= 11 is 0. The van der Waals surface area contributed by atoms with Crippen molar-refractivity contribution >= 4 is 0 Å². The minimum atomic E-state index is 0.0100.